The first-order valence-corrected chi connectivity index (χ1v) is 9.12. The number of thioether (sulfide) groups is 1. The Morgan fingerprint density at radius 2 is 2.00 bits per heavy atom. The molecule has 9 heteroatoms. The summed E-state index contributed by atoms with van der Waals surface area (Å²) in [5, 5.41) is 11.6. The Kier molecular flexibility index (Phi) is 4.40. The van der Waals surface area contributed by atoms with Gasteiger partial charge in [0.15, 0.2) is 5.16 Å². The van der Waals surface area contributed by atoms with Crippen LogP contribution < -0.4 is 5.32 Å². The molecule has 1 N–H and O–H groups in total. The minimum absolute atomic E-state index is 0.131. The number of nitrogens with zero attached hydrogens (tertiary/aromatic N) is 5. The van der Waals surface area contributed by atoms with Crippen LogP contribution in [0.1, 0.15) is 0 Å². The Morgan fingerprint density at radius 1 is 1.12 bits per heavy atom. The van der Waals surface area contributed by atoms with Crippen LogP contribution in [0.25, 0.3) is 16.7 Å². The van der Waals surface area contributed by atoms with Crippen molar-refractivity contribution in [2.75, 3.05) is 11.1 Å². The van der Waals surface area contributed by atoms with Gasteiger partial charge in [-0.3, -0.25) is 9.36 Å². The zero-order chi connectivity index (χ0) is 17.1. The molecule has 124 valence electrons. The average molecular weight is 368 g/mol. The Hall–Kier alpha value is -2.78. The fourth-order valence-electron chi connectivity index (χ4n) is 2.31. The average Bonchev–Trinajstić information content (AvgIpc) is 3.30. The molecule has 2 aromatic heterocycles. The number of hydrogen-bond donors (Lipinski definition) is 1. The second-order valence-electron chi connectivity index (χ2n) is 5.09. The van der Waals surface area contributed by atoms with Gasteiger partial charge in [0.25, 0.3) is 0 Å². The molecule has 2 aromatic carbocycles. The van der Waals surface area contributed by atoms with Crippen molar-refractivity contribution >= 4 is 46.1 Å². The largest absolute Gasteiger partial charge is 0.323 e. The maximum Gasteiger partial charge on any atom is 0.234 e. The molecule has 7 nitrogen and oxygen atoms in total. The summed E-state index contributed by atoms with van der Waals surface area (Å²) in [6.45, 7) is 0. The van der Waals surface area contributed by atoms with E-state index in [1.54, 1.807) is 6.33 Å². The van der Waals surface area contributed by atoms with Gasteiger partial charge in [-0.25, -0.2) is 0 Å². The highest BCUT2D eigenvalue weighted by Gasteiger charge is 2.12. The SMILES string of the molecule is O=C(CSc1nncn1-c1ccccc1)Nc1cccc2nsnc12. The Bertz CT molecular complexity index is 1010. The summed E-state index contributed by atoms with van der Waals surface area (Å²) in [5.41, 5.74) is 3.10. The second-order valence-corrected chi connectivity index (χ2v) is 6.56. The number of para-hydroxylation sites is 1. The maximum absolute atomic E-state index is 12.3. The summed E-state index contributed by atoms with van der Waals surface area (Å²) < 4.78 is 10.2. The molecule has 0 atom stereocenters. The number of hydrogen-bond acceptors (Lipinski definition) is 7. The molecule has 2 heterocycles. The standard InChI is InChI=1S/C16H12N6OS2/c23-14(18-12-7-4-8-13-15(12)21-25-20-13)9-24-16-19-17-10-22(16)11-5-2-1-3-6-11/h1-8,10H,9H2,(H,18,23). The lowest BCUT2D eigenvalue weighted by Crippen LogP contribution is -2.14. The first-order valence-electron chi connectivity index (χ1n) is 7.40. The van der Waals surface area contributed by atoms with Crippen LogP contribution in [0.5, 0.6) is 0 Å². The lowest BCUT2D eigenvalue weighted by molar-refractivity contribution is -0.113. The van der Waals surface area contributed by atoms with Gasteiger partial charge < -0.3 is 5.32 Å². The molecular formula is C16H12N6OS2. The number of fused-ring (bicyclic) bond motifs is 1. The van der Waals surface area contributed by atoms with Crippen molar-refractivity contribution in [2.24, 2.45) is 0 Å². The van der Waals surface area contributed by atoms with Gasteiger partial charge in [0.1, 0.15) is 17.4 Å². The van der Waals surface area contributed by atoms with E-state index in [2.05, 4.69) is 24.3 Å². The molecule has 4 aromatic rings. The fraction of sp³-hybridized carbons (Fsp3) is 0.0625. The van der Waals surface area contributed by atoms with Gasteiger partial charge in [-0.1, -0.05) is 36.0 Å². The Labute approximate surface area is 151 Å². The third-order valence-electron chi connectivity index (χ3n) is 3.44. The smallest absolute Gasteiger partial charge is 0.234 e. The minimum atomic E-state index is -0.131. The number of aromatic nitrogens is 5. The third kappa shape index (κ3) is 3.37. The molecule has 0 aliphatic rings. The summed E-state index contributed by atoms with van der Waals surface area (Å²) in [6.07, 6.45) is 1.64. The highest BCUT2D eigenvalue weighted by molar-refractivity contribution is 7.99. The lowest BCUT2D eigenvalue weighted by atomic mass is 10.2. The van der Waals surface area contributed by atoms with E-state index in [0.717, 1.165) is 22.9 Å². The van der Waals surface area contributed by atoms with Gasteiger partial charge in [-0.05, 0) is 24.3 Å². The van der Waals surface area contributed by atoms with Crippen LogP contribution in [-0.2, 0) is 4.79 Å². The zero-order valence-corrected chi connectivity index (χ0v) is 14.5. The van der Waals surface area contributed by atoms with E-state index in [0.29, 0.717) is 16.4 Å². The van der Waals surface area contributed by atoms with Crippen molar-refractivity contribution in [3.8, 4) is 5.69 Å². The summed E-state index contributed by atoms with van der Waals surface area (Å²) in [7, 11) is 0. The second kappa shape index (κ2) is 6.99. The molecule has 0 spiro atoms. The number of nitrogens with one attached hydrogen (secondary N) is 1. The summed E-state index contributed by atoms with van der Waals surface area (Å²) in [5.74, 6) is 0.0903. The van der Waals surface area contributed by atoms with Gasteiger partial charge in [-0.15, -0.1) is 10.2 Å². The van der Waals surface area contributed by atoms with E-state index < -0.39 is 0 Å². The monoisotopic (exact) mass is 368 g/mol. The van der Waals surface area contributed by atoms with Crippen molar-refractivity contribution in [1.29, 1.82) is 0 Å². The molecule has 1 amide bonds. The zero-order valence-electron chi connectivity index (χ0n) is 12.9. The molecule has 0 aliphatic heterocycles. The number of carbonyl (C=O) groups excluding carboxylic acids is 1. The van der Waals surface area contributed by atoms with E-state index in [9.17, 15) is 4.79 Å². The van der Waals surface area contributed by atoms with E-state index in [4.69, 9.17) is 0 Å². The van der Waals surface area contributed by atoms with Gasteiger partial charge in [0.2, 0.25) is 5.91 Å². The topological polar surface area (TPSA) is 85.6 Å². The molecule has 4 rings (SSSR count). The number of carbonyl (C=O) groups is 1. The highest BCUT2D eigenvalue weighted by atomic mass is 32.2. The normalized spacial score (nSPS) is 10.9. The molecule has 0 saturated heterocycles. The van der Waals surface area contributed by atoms with Crippen LogP contribution in [0.15, 0.2) is 60.0 Å². The maximum atomic E-state index is 12.3. The highest BCUT2D eigenvalue weighted by Crippen LogP contribution is 2.23. The van der Waals surface area contributed by atoms with Gasteiger partial charge in [-0.2, -0.15) is 8.75 Å². The van der Waals surface area contributed by atoms with Crippen molar-refractivity contribution < 1.29 is 4.79 Å². The fourth-order valence-corrected chi connectivity index (χ4v) is 3.59. The van der Waals surface area contributed by atoms with Crippen LogP contribution in [0.4, 0.5) is 5.69 Å². The minimum Gasteiger partial charge on any atom is -0.323 e. The molecule has 0 unspecified atom stereocenters. The third-order valence-corrected chi connectivity index (χ3v) is 4.93. The van der Waals surface area contributed by atoms with E-state index in [1.807, 2.05) is 53.1 Å². The predicted molar refractivity (Wildman–Crippen MR) is 98.1 cm³/mol. The van der Waals surface area contributed by atoms with Crippen LogP contribution in [0.3, 0.4) is 0 Å². The molecule has 0 radical (unpaired) electrons. The Morgan fingerprint density at radius 3 is 2.88 bits per heavy atom. The predicted octanol–water partition coefficient (Wildman–Crippen LogP) is 3.00. The number of benzene rings is 2. The van der Waals surface area contributed by atoms with Gasteiger partial charge >= 0.3 is 0 Å². The van der Waals surface area contributed by atoms with Crippen molar-refractivity contribution in [1.82, 2.24) is 23.5 Å². The van der Waals surface area contributed by atoms with Gasteiger partial charge in [0.05, 0.1) is 23.2 Å². The van der Waals surface area contributed by atoms with Gasteiger partial charge in [0, 0.05) is 5.69 Å². The van der Waals surface area contributed by atoms with Crippen molar-refractivity contribution in [3.05, 3.63) is 54.9 Å². The van der Waals surface area contributed by atoms with E-state index >= 15 is 0 Å². The molecule has 0 aliphatic carbocycles. The summed E-state index contributed by atoms with van der Waals surface area (Å²) in [6, 6.07) is 15.3. The number of amides is 1. The quantitative estimate of drug-likeness (QED) is 0.545. The van der Waals surface area contributed by atoms with Crippen molar-refractivity contribution in [2.45, 2.75) is 5.16 Å². The van der Waals surface area contributed by atoms with Crippen LogP contribution in [0, 0.1) is 0 Å². The molecular weight excluding hydrogens is 356 g/mol. The molecule has 0 fully saturated rings. The molecule has 25 heavy (non-hydrogen) atoms. The molecule has 0 saturated carbocycles. The Balaban J connectivity index is 1.45. The van der Waals surface area contributed by atoms with Crippen molar-refractivity contribution in [3.63, 3.8) is 0 Å². The molecule has 0 bridgehead atoms. The summed E-state index contributed by atoms with van der Waals surface area (Å²) in [4.78, 5) is 12.3. The van der Waals surface area contributed by atoms with Crippen LogP contribution >= 0.6 is 23.5 Å². The summed E-state index contributed by atoms with van der Waals surface area (Å²) >= 11 is 2.45. The first-order chi connectivity index (χ1) is 12.3. The lowest BCUT2D eigenvalue weighted by Gasteiger charge is -2.07. The first kappa shape index (κ1) is 15.7. The van der Waals surface area contributed by atoms with E-state index in [-0.39, 0.29) is 11.7 Å². The van der Waals surface area contributed by atoms with E-state index in [1.165, 1.54) is 11.8 Å². The number of rotatable bonds is 5. The van der Waals surface area contributed by atoms with Crippen LogP contribution in [-0.4, -0.2) is 35.2 Å². The van der Waals surface area contributed by atoms with Crippen LogP contribution in [0.2, 0.25) is 0 Å². The number of anilines is 1.